The Morgan fingerprint density at radius 2 is 1.86 bits per heavy atom. The van der Waals surface area contributed by atoms with Crippen molar-refractivity contribution >= 4 is 5.69 Å². The average molecular weight is 281 g/mol. The second-order valence-corrected chi connectivity index (χ2v) is 4.77. The molecule has 1 heterocycles. The van der Waals surface area contributed by atoms with E-state index in [4.69, 9.17) is 10.3 Å². The van der Waals surface area contributed by atoms with Gasteiger partial charge in [-0.05, 0) is 30.2 Å². The van der Waals surface area contributed by atoms with E-state index in [9.17, 15) is 5.11 Å². The quantitative estimate of drug-likeness (QED) is 0.567. The van der Waals surface area contributed by atoms with Crippen molar-refractivity contribution in [3.8, 4) is 17.2 Å². The molecule has 3 N–H and O–H groups in total. The Morgan fingerprint density at radius 3 is 2.62 bits per heavy atom. The van der Waals surface area contributed by atoms with Gasteiger partial charge in [-0.25, -0.2) is 0 Å². The molecule has 2 aromatic carbocycles. The summed E-state index contributed by atoms with van der Waals surface area (Å²) < 4.78 is 5.22. The van der Waals surface area contributed by atoms with Crippen LogP contribution >= 0.6 is 0 Å². The third-order valence-corrected chi connectivity index (χ3v) is 3.23. The molecule has 0 spiro atoms. The fourth-order valence-corrected chi connectivity index (χ4v) is 2.05. The van der Waals surface area contributed by atoms with E-state index in [1.54, 1.807) is 12.1 Å². The molecule has 0 radical (unpaired) electrons. The monoisotopic (exact) mass is 281 g/mol. The minimum Gasteiger partial charge on any atom is -0.506 e. The van der Waals surface area contributed by atoms with Crippen molar-refractivity contribution in [1.29, 1.82) is 0 Å². The summed E-state index contributed by atoms with van der Waals surface area (Å²) in [4.78, 5) is 4.34. The zero-order valence-corrected chi connectivity index (χ0v) is 11.4. The first kappa shape index (κ1) is 13.2. The third kappa shape index (κ3) is 3.02. The van der Waals surface area contributed by atoms with E-state index in [2.05, 4.69) is 22.3 Å². The first-order valence-corrected chi connectivity index (χ1v) is 6.68. The van der Waals surface area contributed by atoms with E-state index in [1.165, 1.54) is 11.6 Å². The minimum atomic E-state index is 0.0107. The molecule has 5 nitrogen and oxygen atoms in total. The molecule has 0 fully saturated rings. The van der Waals surface area contributed by atoms with Crippen molar-refractivity contribution in [1.82, 2.24) is 10.1 Å². The topological polar surface area (TPSA) is 85.2 Å². The molecule has 0 bridgehead atoms. The number of hydrogen-bond donors (Lipinski definition) is 2. The molecular formula is C16H15N3O2. The van der Waals surface area contributed by atoms with Gasteiger partial charge in [-0.1, -0.05) is 35.5 Å². The van der Waals surface area contributed by atoms with Gasteiger partial charge < -0.3 is 15.4 Å². The SMILES string of the molecule is Nc1ccc(-c2nc(CCc3ccccc3)no2)cc1O. The Morgan fingerprint density at radius 1 is 1.05 bits per heavy atom. The average Bonchev–Trinajstić information content (AvgIpc) is 2.98. The van der Waals surface area contributed by atoms with Gasteiger partial charge in [0.05, 0.1) is 5.69 Å². The van der Waals surface area contributed by atoms with E-state index in [-0.39, 0.29) is 5.75 Å². The summed E-state index contributed by atoms with van der Waals surface area (Å²) in [6.07, 6.45) is 1.56. The second kappa shape index (κ2) is 5.66. The lowest BCUT2D eigenvalue weighted by Gasteiger charge is -1.99. The first-order chi connectivity index (χ1) is 10.2. The summed E-state index contributed by atoms with van der Waals surface area (Å²) in [5.41, 5.74) is 7.77. The highest BCUT2D eigenvalue weighted by atomic mass is 16.5. The number of aromatic hydroxyl groups is 1. The van der Waals surface area contributed by atoms with Crippen molar-refractivity contribution < 1.29 is 9.63 Å². The molecule has 0 aliphatic heterocycles. The number of rotatable bonds is 4. The molecule has 106 valence electrons. The highest BCUT2D eigenvalue weighted by Crippen LogP contribution is 2.26. The maximum absolute atomic E-state index is 9.61. The van der Waals surface area contributed by atoms with Crippen LogP contribution in [0.5, 0.6) is 5.75 Å². The second-order valence-electron chi connectivity index (χ2n) is 4.77. The third-order valence-electron chi connectivity index (χ3n) is 3.23. The molecule has 0 saturated carbocycles. The summed E-state index contributed by atoms with van der Waals surface area (Å²) in [6, 6.07) is 15.0. The molecule has 0 saturated heterocycles. The number of hydrogen-bond acceptors (Lipinski definition) is 5. The van der Waals surface area contributed by atoms with Crippen molar-refractivity contribution in [3.05, 3.63) is 59.9 Å². The van der Waals surface area contributed by atoms with E-state index in [0.717, 1.165) is 6.42 Å². The normalized spacial score (nSPS) is 10.7. The Kier molecular flexibility index (Phi) is 3.55. The summed E-state index contributed by atoms with van der Waals surface area (Å²) in [7, 11) is 0. The zero-order chi connectivity index (χ0) is 14.7. The molecule has 0 aliphatic rings. The van der Waals surface area contributed by atoms with E-state index >= 15 is 0 Å². The molecule has 0 unspecified atom stereocenters. The lowest BCUT2D eigenvalue weighted by molar-refractivity contribution is 0.421. The Labute approximate surface area is 122 Å². The van der Waals surface area contributed by atoms with Crippen LogP contribution in [0.3, 0.4) is 0 Å². The molecule has 0 amide bonds. The highest BCUT2D eigenvalue weighted by molar-refractivity contribution is 5.63. The summed E-state index contributed by atoms with van der Waals surface area (Å²) >= 11 is 0. The Hall–Kier alpha value is -2.82. The van der Waals surface area contributed by atoms with Gasteiger partial charge in [0, 0.05) is 12.0 Å². The molecular weight excluding hydrogens is 266 g/mol. The number of aryl methyl sites for hydroxylation is 2. The smallest absolute Gasteiger partial charge is 0.258 e. The van der Waals surface area contributed by atoms with Gasteiger partial charge in [-0.15, -0.1) is 0 Å². The van der Waals surface area contributed by atoms with Gasteiger partial charge in [0.2, 0.25) is 0 Å². The van der Waals surface area contributed by atoms with Crippen LogP contribution < -0.4 is 5.73 Å². The lowest BCUT2D eigenvalue weighted by Crippen LogP contribution is -1.93. The van der Waals surface area contributed by atoms with E-state index < -0.39 is 0 Å². The number of benzene rings is 2. The number of aromatic nitrogens is 2. The van der Waals surface area contributed by atoms with E-state index in [1.807, 2.05) is 18.2 Å². The fraction of sp³-hybridized carbons (Fsp3) is 0.125. The summed E-state index contributed by atoms with van der Waals surface area (Å²) in [6.45, 7) is 0. The van der Waals surface area contributed by atoms with Crippen LogP contribution in [0.25, 0.3) is 11.5 Å². The van der Waals surface area contributed by atoms with Crippen LogP contribution in [0, 0.1) is 0 Å². The standard InChI is InChI=1S/C16H15N3O2/c17-13-8-7-12(10-14(13)20)16-18-15(19-21-16)9-6-11-4-2-1-3-5-11/h1-5,7-8,10,20H,6,9,17H2. The van der Waals surface area contributed by atoms with Gasteiger partial charge in [0.25, 0.3) is 5.89 Å². The summed E-state index contributed by atoms with van der Waals surface area (Å²) in [5, 5.41) is 13.6. The van der Waals surface area contributed by atoms with Crippen LogP contribution in [0.15, 0.2) is 53.1 Å². The molecule has 5 heteroatoms. The molecule has 1 aromatic heterocycles. The van der Waals surface area contributed by atoms with Crippen LogP contribution in [0.1, 0.15) is 11.4 Å². The van der Waals surface area contributed by atoms with Crippen LogP contribution in [0.2, 0.25) is 0 Å². The number of nitrogens with zero attached hydrogens (tertiary/aromatic N) is 2. The number of phenolic OH excluding ortho intramolecular Hbond substituents is 1. The molecule has 3 rings (SSSR count). The van der Waals surface area contributed by atoms with Crippen molar-refractivity contribution in [2.75, 3.05) is 5.73 Å². The largest absolute Gasteiger partial charge is 0.506 e. The van der Waals surface area contributed by atoms with E-state index in [0.29, 0.717) is 29.4 Å². The van der Waals surface area contributed by atoms with Gasteiger partial charge >= 0.3 is 0 Å². The maximum atomic E-state index is 9.61. The Bertz CT molecular complexity index is 738. The number of phenols is 1. The zero-order valence-electron chi connectivity index (χ0n) is 11.4. The first-order valence-electron chi connectivity index (χ1n) is 6.68. The fourth-order valence-electron chi connectivity index (χ4n) is 2.05. The van der Waals surface area contributed by atoms with Gasteiger partial charge in [0.15, 0.2) is 5.82 Å². The molecule has 0 atom stereocenters. The predicted molar refractivity (Wildman–Crippen MR) is 79.7 cm³/mol. The van der Waals surface area contributed by atoms with Gasteiger partial charge in [0.1, 0.15) is 5.75 Å². The lowest BCUT2D eigenvalue weighted by atomic mass is 10.1. The van der Waals surface area contributed by atoms with Crippen LogP contribution in [-0.4, -0.2) is 15.2 Å². The predicted octanol–water partition coefficient (Wildman–Crippen LogP) is 2.81. The van der Waals surface area contributed by atoms with Crippen molar-refractivity contribution in [3.63, 3.8) is 0 Å². The van der Waals surface area contributed by atoms with Gasteiger partial charge in [-0.3, -0.25) is 0 Å². The minimum absolute atomic E-state index is 0.0107. The van der Waals surface area contributed by atoms with Gasteiger partial charge in [-0.2, -0.15) is 4.98 Å². The van der Waals surface area contributed by atoms with Crippen LogP contribution in [0.4, 0.5) is 5.69 Å². The summed E-state index contributed by atoms with van der Waals surface area (Å²) in [5.74, 6) is 1.04. The van der Waals surface area contributed by atoms with Crippen molar-refractivity contribution in [2.24, 2.45) is 0 Å². The number of nitrogen functional groups attached to an aromatic ring is 1. The Balaban J connectivity index is 1.72. The number of anilines is 1. The number of nitrogens with two attached hydrogens (primary N) is 1. The molecule has 0 aliphatic carbocycles. The van der Waals surface area contributed by atoms with Crippen LogP contribution in [-0.2, 0) is 12.8 Å². The molecule has 3 aromatic rings. The van der Waals surface area contributed by atoms with Crippen molar-refractivity contribution in [2.45, 2.75) is 12.8 Å². The maximum Gasteiger partial charge on any atom is 0.258 e. The molecule has 21 heavy (non-hydrogen) atoms. The highest BCUT2D eigenvalue weighted by Gasteiger charge is 2.10.